The van der Waals surface area contributed by atoms with Crippen molar-refractivity contribution < 1.29 is 27.2 Å². The fourth-order valence-corrected chi connectivity index (χ4v) is 4.51. The summed E-state index contributed by atoms with van der Waals surface area (Å²) >= 11 is 6.35. The van der Waals surface area contributed by atoms with Crippen LogP contribution in [0.3, 0.4) is 0 Å². The highest BCUT2D eigenvalue weighted by Gasteiger charge is 2.41. The van der Waals surface area contributed by atoms with E-state index >= 15 is 0 Å². The molecule has 2 aromatic rings. The minimum atomic E-state index is -4.23. The highest BCUT2D eigenvalue weighted by molar-refractivity contribution is 6.33. The van der Waals surface area contributed by atoms with Crippen LogP contribution in [-0.4, -0.2) is 37.6 Å². The molecule has 1 atom stereocenters. The van der Waals surface area contributed by atoms with E-state index in [1.807, 2.05) is 0 Å². The average molecular weight is 513 g/mol. The number of rotatable bonds is 6. The molecule has 1 unspecified atom stereocenters. The van der Waals surface area contributed by atoms with Crippen LogP contribution >= 0.6 is 11.6 Å². The fraction of sp³-hybridized carbons (Fsp3) is 0.417. The number of alkyl halides is 3. The van der Waals surface area contributed by atoms with E-state index < -0.39 is 17.9 Å². The average Bonchev–Trinajstić information content (AvgIpc) is 3.26. The molecule has 0 spiro atoms. The molecular formula is C24H25ClF4N4O2. The van der Waals surface area contributed by atoms with Crippen molar-refractivity contribution >= 4 is 40.5 Å². The molecule has 2 saturated heterocycles. The van der Waals surface area contributed by atoms with Gasteiger partial charge in [-0.2, -0.15) is 13.2 Å². The van der Waals surface area contributed by atoms with Crippen LogP contribution in [0.2, 0.25) is 5.02 Å². The number of hydrogen-bond acceptors (Lipinski definition) is 4. The summed E-state index contributed by atoms with van der Waals surface area (Å²) in [4.78, 5) is 25.0. The van der Waals surface area contributed by atoms with Crippen molar-refractivity contribution in [2.75, 3.05) is 29.9 Å². The van der Waals surface area contributed by atoms with Crippen molar-refractivity contribution in [1.29, 1.82) is 0 Å². The Bertz CT molecular complexity index is 1090. The lowest BCUT2D eigenvalue weighted by atomic mass is 9.96. The standard InChI is InChI=1S/C24H25ClF4N4O2/c25-18-10-21(33-7-5-16(6-8-33)24(27,28)29)19(26)11-20(18)32-17-3-1-14(2-4-17)12-31-23(35)15-9-22(34)30-13-15/h1-4,10-11,15-16,32H,5-9,12-13H2,(H,30,34)(H,31,35). The van der Waals surface area contributed by atoms with Crippen LogP contribution in [0.15, 0.2) is 36.4 Å². The Labute approximate surface area is 205 Å². The normalized spacial score (nSPS) is 18.9. The molecule has 0 aromatic heterocycles. The molecule has 35 heavy (non-hydrogen) atoms. The zero-order valence-corrected chi connectivity index (χ0v) is 19.5. The van der Waals surface area contributed by atoms with Gasteiger partial charge in [0.2, 0.25) is 11.8 Å². The second-order valence-corrected chi connectivity index (χ2v) is 9.24. The lowest BCUT2D eigenvalue weighted by molar-refractivity contribution is -0.179. The van der Waals surface area contributed by atoms with Crippen LogP contribution in [0.4, 0.5) is 34.6 Å². The first kappa shape index (κ1) is 25.1. The topological polar surface area (TPSA) is 73.5 Å². The lowest BCUT2D eigenvalue weighted by Gasteiger charge is -2.34. The largest absolute Gasteiger partial charge is 0.391 e. The number of amides is 2. The molecule has 2 amide bonds. The number of piperidine rings is 1. The van der Waals surface area contributed by atoms with E-state index in [1.54, 1.807) is 29.2 Å². The zero-order valence-electron chi connectivity index (χ0n) is 18.7. The number of halogens is 5. The Morgan fingerprint density at radius 2 is 1.83 bits per heavy atom. The molecule has 188 valence electrons. The van der Waals surface area contributed by atoms with Gasteiger partial charge in [0.05, 0.1) is 28.2 Å². The SMILES string of the molecule is O=C1CC(C(=O)NCc2ccc(Nc3cc(F)c(N4CCC(C(F)(F)F)CC4)cc3Cl)cc2)CN1. The molecule has 2 aliphatic heterocycles. The molecule has 2 aliphatic rings. The molecule has 0 saturated carbocycles. The fourth-order valence-electron chi connectivity index (χ4n) is 4.31. The molecule has 2 aromatic carbocycles. The number of carbonyl (C=O) groups is 2. The maximum atomic E-state index is 14.8. The number of nitrogens with zero attached hydrogens (tertiary/aromatic N) is 1. The van der Waals surface area contributed by atoms with Crippen molar-refractivity contribution in [3.05, 3.63) is 52.8 Å². The van der Waals surface area contributed by atoms with Crippen molar-refractivity contribution in [2.24, 2.45) is 11.8 Å². The maximum absolute atomic E-state index is 14.8. The first-order valence-corrected chi connectivity index (χ1v) is 11.7. The van der Waals surface area contributed by atoms with E-state index in [0.717, 1.165) is 5.56 Å². The Morgan fingerprint density at radius 3 is 2.43 bits per heavy atom. The van der Waals surface area contributed by atoms with Crippen molar-refractivity contribution in [1.82, 2.24) is 10.6 Å². The predicted molar refractivity (Wildman–Crippen MR) is 125 cm³/mol. The molecule has 4 rings (SSSR count). The molecular weight excluding hydrogens is 488 g/mol. The Kier molecular flexibility index (Phi) is 7.39. The Morgan fingerprint density at radius 1 is 1.14 bits per heavy atom. The van der Waals surface area contributed by atoms with Gasteiger partial charge in [-0.25, -0.2) is 4.39 Å². The first-order chi connectivity index (χ1) is 16.6. The van der Waals surface area contributed by atoms with E-state index in [2.05, 4.69) is 16.0 Å². The minimum absolute atomic E-state index is 0.0803. The number of nitrogens with one attached hydrogen (secondary N) is 3. The Balaban J connectivity index is 1.34. The van der Waals surface area contributed by atoms with Crippen molar-refractivity contribution in [3.63, 3.8) is 0 Å². The van der Waals surface area contributed by atoms with Crippen LogP contribution in [-0.2, 0) is 16.1 Å². The summed E-state index contributed by atoms with van der Waals surface area (Å²) in [5, 5.41) is 8.72. The molecule has 6 nitrogen and oxygen atoms in total. The number of benzene rings is 2. The molecule has 11 heteroatoms. The van der Waals surface area contributed by atoms with Gasteiger partial charge < -0.3 is 20.9 Å². The van der Waals surface area contributed by atoms with Crippen LogP contribution in [0.5, 0.6) is 0 Å². The van der Waals surface area contributed by atoms with E-state index in [0.29, 0.717) is 24.5 Å². The minimum Gasteiger partial charge on any atom is -0.369 e. The summed E-state index contributed by atoms with van der Waals surface area (Å²) in [7, 11) is 0. The van der Waals surface area contributed by atoms with Gasteiger partial charge in [0, 0.05) is 44.4 Å². The van der Waals surface area contributed by atoms with Crippen LogP contribution < -0.4 is 20.9 Å². The lowest BCUT2D eigenvalue weighted by Crippen LogP contribution is -2.39. The van der Waals surface area contributed by atoms with Gasteiger partial charge >= 0.3 is 6.18 Å². The van der Waals surface area contributed by atoms with Crippen LogP contribution in [0, 0.1) is 17.7 Å². The van der Waals surface area contributed by atoms with Crippen LogP contribution in [0.25, 0.3) is 0 Å². The van der Waals surface area contributed by atoms with Crippen molar-refractivity contribution in [2.45, 2.75) is 32.0 Å². The molecule has 2 fully saturated rings. The highest BCUT2D eigenvalue weighted by atomic mass is 35.5. The van der Waals surface area contributed by atoms with Gasteiger partial charge in [-0.3, -0.25) is 9.59 Å². The molecule has 0 aliphatic carbocycles. The predicted octanol–water partition coefficient (Wildman–Crippen LogP) is 4.75. The third-order valence-electron chi connectivity index (χ3n) is 6.38. The van der Waals surface area contributed by atoms with Gasteiger partial charge in [-0.05, 0) is 36.6 Å². The van der Waals surface area contributed by atoms with Crippen molar-refractivity contribution in [3.8, 4) is 0 Å². The zero-order chi connectivity index (χ0) is 25.2. The number of carbonyl (C=O) groups excluding carboxylic acids is 2. The number of anilines is 3. The second-order valence-electron chi connectivity index (χ2n) is 8.83. The third-order valence-corrected chi connectivity index (χ3v) is 6.70. The van der Waals surface area contributed by atoms with E-state index in [9.17, 15) is 27.2 Å². The molecule has 0 bridgehead atoms. The Hall–Kier alpha value is -3.01. The molecule has 0 radical (unpaired) electrons. The molecule has 3 N–H and O–H groups in total. The molecule has 2 heterocycles. The van der Waals surface area contributed by atoms with E-state index in [1.165, 1.54) is 12.1 Å². The summed E-state index contributed by atoms with van der Waals surface area (Å²) in [6.45, 7) is 0.861. The maximum Gasteiger partial charge on any atom is 0.391 e. The monoisotopic (exact) mass is 512 g/mol. The quantitative estimate of drug-likeness (QED) is 0.488. The number of hydrogen-bond donors (Lipinski definition) is 3. The summed E-state index contributed by atoms with van der Waals surface area (Å²) in [6.07, 6.45) is -4.20. The van der Waals surface area contributed by atoms with Gasteiger partial charge in [0.1, 0.15) is 5.82 Å². The van der Waals surface area contributed by atoms with E-state index in [4.69, 9.17) is 11.6 Å². The van der Waals surface area contributed by atoms with Crippen LogP contribution in [0.1, 0.15) is 24.8 Å². The van der Waals surface area contributed by atoms with Gasteiger partial charge in [0.15, 0.2) is 0 Å². The van der Waals surface area contributed by atoms with E-state index in [-0.39, 0.29) is 60.8 Å². The summed E-state index contributed by atoms with van der Waals surface area (Å²) in [5.74, 6) is -2.61. The summed E-state index contributed by atoms with van der Waals surface area (Å²) in [6, 6.07) is 9.77. The van der Waals surface area contributed by atoms with Gasteiger partial charge in [-0.15, -0.1) is 0 Å². The highest BCUT2D eigenvalue weighted by Crippen LogP contribution is 2.38. The van der Waals surface area contributed by atoms with Gasteiger partial charge in [-0.1, -0.05) is 23.7 Å². The summed E-state index contributed by atoms with van der Waals surface area (Å²) < 4.78 is 53.5. The summed E-state index contributed by atoms with van der Waals surface area (Å²) in [5.41, 5.74) is 2.01. The smallest absolute Gasteiger partial charge is 0.369 e. The first-order valence-electron chi connectivity index (χ1n) is 11.3. The third kappa shape index (κ3) is 6.17. The second kappa shape index (κ2) is 10.3. The van der Waals surface area contributed by atoms with Gasteiger partial charge in [0.25, 0.3) is 0 Å².